The summed E-state index contributed by atoms with van der Waals surface area (Å²) in [4.78, 5) is 36.8. The van der Waals surface area contributed by atoms with Crippen molar-refractivity contribution >= 4 is 11.8 Å². The second-order valence-corrected chi connectivity index (χ2v) is 6.50. The van der Waals surface area contributed by atoms with Crippen LogP contribution in [-0.2, 0) is 9.53 Å². The Morgan fingerprint density at radius 1 is 1.29 bits per heavy atom. The number of carbonyl (C=O) groups excluding carboxylic acids is 2. The third kappa shape index (κ3) is 3.26. The molecule has 3 heterocycles. The molecule has 1 atom stereocenters. The molecule has 1 spiro atoms. The fraction of sp³-hybridized carbons (Fsp3) is 0.647. The highest BCUT2D eigenvalue weighted by atomic mass is 16.5. The van der Waals surface area contributed by atoms with Gasteiger partial charge < -0.3 is 14.5 Å². The first-order valence-electron chi connectivity index (χ1n) is 8.51. The minimum absolute atomic E-state index is 0.0760. The molecule has 0 aromatic carbocycles. The summed E-state index contributed by atoms with van der Waals surface area (Å²) in [5, 5.41) is 0. The number of hydrogen-bond donors (Lipinski definition) is 0. The first-order chi connectivity index (χ1) is 11.7. The van der Waals surface area contributed by atoms with Gasteiger partial charge >= 0.3 is 0 Å². The lowest BCUT2D eigenvalue weighted by Crippen LogP contribution is -2.48. The van der Waals surface area contributed by atoms with E-state index in [4.69, 9.17) is 4.74 Å². The Bertz CT molecular complexity index is 595. The maximum Gasteiger partial charge on any atom is 0.274 e. The van der Waals surface area contributed by atoms with Crippen molar-refractivity contribution < 1.29 is 14.3 Å². The highest BCUT2D eigenvalue weighted by Gasteiger charge is 2.45. The van der Waals surface area contributed by atoms with E-state index in [9.17, 15) is 9.59 Å². The molecule has 0 radical (unpaired) electrons. The molecular formula is C17H24N4O3. The van der Waals surface area contributed by atoms with E-state index in [1.165, 1.54) is 12.4 Å². The van der Waals surface area contributed by atoms with Crippen LogP contribution in [-0.4, -0.2) is 70.5 Å². The molecule has 2 aliphatic heterocycles. The Balaban J connectivity index is 1.70. The average molecular weight is 332 g/mol. The smallest absolute Gasteiger partial charge is 0.274 e. The van der Waals surface area contributed by atoms with Crippen LogP contribution < -0.4 is 0 Å². The number of rotatable bonds is 4. The summed E-state index contributed by atoms with van der Waals surface area (Å²) in [5.74, 6) is 0.133. The molecule has 2 fully saturated rings. The number of methoxy groups -OCH3 is 1. The molecule has 0 bridgehead atoms. The number of hydrogen-bond acceptors (Lipinski definition) is 5. The fourth-order valence-electron chi connectivity index (χ4n) is 3.89. The van der Waals surface area contributed by atoms with E-state index in [1.54, 1.807) is 13.3 Å². The summed E-state index contributed by atoms with van der Waals surface area (Å²) >= 11 is 0. The Morgan fingerprint density at radius 2 is 2.17 bits per heavy atom. The molecule has 3 rings (SSSR count). The molecule has 1 unspecified atom stereocenters. The number of likely N-dealkylation sites (tertiary alicyclic amines) is 2. The van der Waals surface area contributed by atoms with Gasteiger partial charge in [0.15, 0.2) is 0 Å². The summed E-state index contributed by atoms with van der Waals surface area (Å²) < 4.78 is 5.16. The van der Waals surface area contributed by atoms with Gasteiger partial charge in [-0.15, -0.1) is 0 Å². The molecule has 2 aliphatic rings. The third-order valence-corrected chi connectivity index (χ3v) is 5.18. The molecule has 2 saturated heterocycles. The Hall–Kier alpha value is -2.02. The molecule has 1 aromatic heterocycles. The van der Waals surface area contributed by atoms with Crippen molar-refractivity contribution in [3.8, 4) is 0 Å². The predicted octanol–water partition coefficient (Wildman–Crippen LogP) is 1.11. The quantitative estimate of drug-likeness (QED) is 0.825. The molecule has 0 aliphatic carbocycles. The lowest BCUT2D eigenvalue weighted by molar-refractivity contribution is -0.132. The van der Waals surface area contributed by atoms with Gasteiger partial charge in [-0.3, -0.25) is 14.6 Å². The Kier molecular flexibility index (Phi) is 5.08. The Morgan fingerprint density at radius 3 is 2.92 bits per heavy atom. The van der Waals surface area contributed by atoms with Crippen LogP contribution in [0.2, 0.25) is 0 Å². The van der Waals surface area contributed by atoms with Crippen LogP contribution in [0.4, 0.5) is 0 Å². The standard InChI is InChI=1S/C17H24N4O3/c1-24-12-11-21-15(22)3-5-17(21)4-2-9-20(10-6-17)16(23)14-13-18-7-8-19-14/h7-8,13H,2-6,9-12H2,1H3. The van der Waals surface area contributed by atoms with Crippen molar-refractivity contribution in [1.82, 2.24) is 19.8 Å². The third-order valence-electron chi connectivity index (χ3n) is 5.18. The maximum atomic E-state index is 12.6. The normalized spacial score (nSPS) is 24.5. The molecule has 0 N–H and O–H groups in total. The second-order valence-electron chi connectivity index (χ2n) is 6.50. The van der Waals surface area contributed by atoms with Crippen LogP contribution >= 0.6 is 0 Å². The number of amides is 2. The van der Waals surface area contributed by atoms with E-state index in [-0.39, 0.29) is 17.4 Å². The van der Waals surface area contributed by atoms with Gasteiger partial charge in [0.2, 0.25) is 5.91 Å². The fourth-order valence-corrected chi connectivity index (χ4v) is 3.89. The van der Waals surface area contributed by atoms with E-state index in [1.807, 2.05) is 9.80 Å². The lowest BCUT2D eigenvalue weighted by Gasteiger charge is -2.38. The molecule has 1 aromatic rings. The van der Waals surface area contributed by atoms with Gasteiger partial charge in [0.05, 0.1) is 12.8 Å². The van der Waals surface area contributed by atoms with Gasteiger partial charge in [0.1, 0.15) is 5.69 Å². The summed E-state index contributed by atoms with van der Waals surface area (Å²) in [6.45, 7) is 2.53. The zero-order chi connectivity index (χ0) is 17.0. The SMILES string of the molecule is COCCN1C(=O)CCC12CCCN(C(=O)c1cnccn1)CC2. The number of carbonyl (C=O) groups is 2. The first kappa shape index (κ1) is 16.8. The van der Waals surface area contributed by atoms with E-state index in [0.29, 0.717) is 38.4 Å². The van der Waals surface area contributed by atoms with Crippen LogP contribution in [0, 0.1) is 0 Å². The average Bonchev–Trinajstić information content (AvgIpc) is 2.79. The highest BCUT2D eigenvalue weighted by Crippen LogP contribution is 2.39. The maximum absolute atomic E-state index is 12.6. The van der Waals surface area contributed by atoms with Crippen molar-refractivity contribution in [3.05, 3.63) is 24.3 Å². The van der Waals surface area contributed by atoms with E-state index in [2.05, 4.69) is 9.97 Å². The zero-order valence-electron chi connectivity index (χ0n) is 14.1. The van der Waals surface area contributed by atoms with Gasteiger partial charge in [-0.05, 0) is 25.7 Å². The molecule has 7 heteroatoms. The molecule has 2 amide bonds. The van der Waals surface area contributed by atoms with Gasteiger partial charge in [-0.2, -0.15) is 0 Å². The van der Waals surface area contributed by atoms with Crippen LogP contribution in [0.5, 0.6) is 0 Å². The number of ether oxygens (including phenoxy) is 1. The second kappa shape index (κ2) is 7.25. The predicted molar refractivity (Wildman–Crippen MR) is 87.3 cm³/mol. The van der Waals surface area contributed by atoms with Crippen LogP contribution in [0.1, 0.15) is 42.6 Å². The van der Waals surface area contributed by atoms with E-state index >= 15 is 0 Å². The van der Waals surface area contributed by atoms with E-state index < -0.39 is 0 Å². The van der Waals surface area contributed by atoms with Crippen LogP contribution in [0.25, 0.3) is 0 Å². The number of aromatic nitrogens is 2. The van der Waals surface area contributed by atoms with Crippen molar-refractivity contribution in [2.24, 2.45) is 0 Å². The molecule has 130 valence electrons. The van der Waals surface area contributed by atoms with Crippen LogP contribution in [0.3, 0.4) is 0 Å². The lowest BCUT2D eigenvalue weighted by atomic mass is 9.88. The van der Waals surface area contributed by atoms with Crippen molar-refractivity contribution in [2.75, 3.05) is 33.4 Å². The molecule has 24 heavy (non-hydrogen) atoms. The van der Waals surface area contributed by atoms with E-state index in [0.717, 1.165) is 25.7 Å². The Labute approximate surface area is 142 Å². The minimum Gasteiger partial charge on any atom is -0.383 e. The van der Waals surface area contributed by atoms with Crippen molar-refractivity contribution in [2.45, 2.75) is 37.6 Å². The van der Waals surface area contributed by atoms with Crippen molar-refractivity contribution in [1.29, 1.82) is 0 Å². The van der Waals surface area contributed by atoms with Crippen LogP contribution in [0.15, 0.2) is 18.6 Å². The summed E-state index contributed by atoms with van der Waals surface area (Å²) in [7, 11) is 1.65. The highest BCUT2D eigenvalue weighted by molar-refractivity contribution is 5.92. The van der Waals surface area contributed by atoms with Gasteiger partial charge in [0, 0.05) is 51.1 Å². The summed E-state index contributed by atoms with van der Waals surface area (Å²) in [6.07, 6.45) is 8.72. The molecule has 7 nitrogen and oxygen atoms in total. The number of nitrogens with zero attached hydrogens (tertiary/aromatic N) is 4. The van der Waals surface area contributed by atoms with Crippen molar-refractivity contribution in [3.63, 3.8) is 0 Å². The minimum atomic E-state index is -0.118. The topological polar surface area (TPSA) is 75.6 Å². The van der Waals surface area contributed by atoms with Gasteiger partial charge in [-0.25, -0.2) is 4.98 Å². The molecular weight excluding hydrogens is 308 g/mol. The molecule has 0 saturated carbocycles. The zero-order valence-corrected chi connectivity index (χ0v) is 14.1. The van der Waals surface area contributed by atoms with Gasteiger partial charge in [0.25, 0.3) is 5.91 Å². The largest absolute Gasteiger partial charge is 0.383 e. The van der Waals surface area contributed by atoms with Gasteiger partial charge in [-0.1, -0.05) is 0 Å². The summed E-state index contributed by atoms with van der Waals surface area (Å²) in [6, 6.07) is 0. The first-order valence-corrected chi connectivity index (χ1v) is 8.51. The summed E-state index contributed by atoms with van der Waals surface area (Å²) in [5.41, 5.74) is 0.264. The monoisotopic (exact) mass is 332 g/mol.